The van der Waals surface area contributed by atoms with E-state index in [9.17, 15) is 4.79 Å². The molecular weight excluding hydrogens is 178 g/mol. The highest BCUT2D eigenvalue weighted by Gasteiger charge is 2.24. The first-order chi connectivity index (χ1) is 6.65. The summed E-state index contributed by atoms with van der Waals surface area (Å²) in [6.45, 7) is 4.96. The van der Waals surface area contributed by atoms with Gasteiger partial charge in [0, 0.05) is 6.54 Å². The highest BCUT2D eigenvalue weighted by atomic mass is 16.5. The Hall–Kier alpha value is -0.570. The average Bonchev–Trinajstić information content (AvgIpc) is 2.88. The minimum absolute atomic E-state index is 0.122. The van der Waals surface area contributed by atoms with Crippen molar-refractivity contribution < 1.29 is 9.53 Å². The first-order valence-corrected chi connectivity index (χ1v) is 5.51. The summed E-state index contributed by atoms with van der Waals surface area (Å²) >= 11 is 0. The van der Waals surface area contributed by atoms with Gasteiger partial charge in [-0.1, -0.05) is 26.7 Å². The fourth-order valence-electron chi connectivity index (χ4n) is 1.48. The van der Waals surface area contributed by atoms with E-state index in [2.05, 4.69) is 0 Å². The molecule has 0 aromatic heterocycles. The van der Waals surface area contributed by atoms with E-state index in [-0.39, 0.29) is 17.8 Å². The van der Waals surface area contributed by atoms with Crippen LogP contribution in [0.4, 0.5) is 0 Å². The summed E-state index contributed by atoms with van der Waals surface area (Å²) in [5.41, 5.74) is 5.52. The summed E-state index contributed by atoms with van der Waals surface area (Å²) in [4.78, 5) is 11.5. The second kappa shape index (κ2) is 5.35. The van der Waals surface area contributed by atoms with Crippen LogP contribution in [0.1, 0.15) is 33.1 Å². The number of carbonyl (C=O) groups is 1. The van der Waals surface area contributed by atoms with Crippen LogP contribution in [0.3, 0.4) is 0 Å². The highest BCUT2D eigenvalue weighted by molar-refractivity contribution is 5.72. The Balaban J connectivity index is 2.16. The number of nitrogens with two attached hydrogens (primary N) is 1. The second-order valence-electron chi connectivity index (χ2n) is 4.49. The van der Waals surface area contributed by atoms with E-state index in [1.54, 1.807) is 0 Å². The monoisotopic (exact) mass is 199 g/mol. The van der Waals surface area contributed by atoms with E-state index >= 15 is 0 Å². The molecule has 0 bridgehead atoms. The van der Waals surface area contributed by atoms with Gasteiger partial charge in [-0.2, -0.15) is 0 Å². The standard InChI is InChI=1S/C11H21NO2/c1-8(2)10(7-12)11(13)14-6-5-9-3-4-9/h8-10H,3-7,12H2,1-2H3. The van der Waals surface area contributed by atoms with Crippen LogP contribution in [0.15, 0.2) is 0 Å². The van der Waals surface area contributed by atoms with E-state index < -0.39 is 0 Å². The number of hydrogen-bond acceptors (Lipinski definition) is 3. The van der Waals surface area contributed by atoms with Crippen molar-refractivity contribution in [1.29, 1.82) is 0 Å². The molecule has 1 rings (SSSR count). The topological polar surface area (TPSA) is 52.3 Å². The zero-order valence-electron chi connectivity index (χ0n) is 9.16. The lowest BCUT2D eigenvalue weighted by atomic mass is 9.96. The van der Waals surface area contributed by atoms with Gasteiger partial charge < -0.3 is 10.5 Å². The normalized spacial score (nSPS) is 18.3. The minimum Gasteiger partial charge on any atom is -0.465 e. The van der Waals surface area contributed by atoms with Crippen molar-refractivity contribution in [2.75, 3.05) is 13.2 Å². The van der Waals surface area contributed by atoms with Gasteiger partial charge in [0.15, 0.2) is 0 Å². The second-order valence-corrected chi connectivity index (χ2v) is 4.49. The lowest BCUT2D eigenvalue weighted by molar-refractivity contribution is -0.149. The summed E-state index contributed by atoms with van der Waals surface area (Å²) in [6.07, 6.45) is 3.64. The molecule has 0 aromatic rings. The van der Waals surface area contributed by atoms with Crippen molar-refractivity contribution in [3.63, 3.8) is 0 Å². The molecule has 0 saturated heterocycles. The van der Waals surface area contributed by atoms with Gasteiger partial charge in [0.1, 0.15) is 0 Å². The average molecular weight is 199 g/mol. The fourth-order valence-corrected chi connectivity index (χ4v) is 1.48. The van der Waals surface area contributed by atoms with E-state index in [0.717, 1.165) is 12.3 Å². The Morgan fingerprint density at radius 1 is 1.50 bits per heavy atom. The van der Waals surface area contributed by atoms with Gasteiger partial charge in [-0.05, 0) is 18.3 Å². The molecular formula is C11H21NO2. The van der Waals surface area contributed by atoms with Crippen molar-refractivity contribution in [1.82, 2.24) is 0 Å². The fraction of sp³-hybridized carbons (Fsp3) is 0.909. The summed E-state index contributed by atoms with van der Waals surface area (Å²) < 4.78 is 5.19. The third-order valence-electron chi connectivity index (χ3n) is 2.83. The summed E-state index contributed by atoms with van der Waals surface area (Å²) in [5.74, 6) is 0.837. The van der Waals surface area contributed by atoms with E-state index in [1.807, 2.05) is 13.8 Å². The van der Waals surface area contributed by atoms with Crippen LogP contribution >= 0.6 is 0 Å². The number of hydrogen-bond donors (Lipinski definition) is 1. The molecule has 1 saturated carbocycles. The number of carbonyl (C=O) groups excluding carboxylic acids is 1. The first-order valence-electron chi connectivity index (χ1n) is 5.51. The van der Waals surface area contributed by atoms with Gasteiger partial charge in [0.25, 0.3) is 0 Å². The molecule has 3 nitrogen and oxygen atoms in total. The Morgan fingerprint density at radius 2 is 2.14 bits per heavy atom. The molecule has 3 heteroatoms. The third-order valence-corrected chi connectivity index (χ3v) is 2.83. The molecule has 0 radical (unpaired) electrons. The highest BCUT2D eigenvalue weighted by Crippen LogP contribution is 2.32. The van der Waals surface area contributed by atoms with Gasteiger partial charge in [-0.3, -0.25) is 4.79 Å². The molecule has 1 fully saturated rings. The largest absolute Gasteiger partial charge is 0.465 e. The Morgan fingerprint density at radius 3 is 2.57 bits per heavy atom. The van der Waals surface area contributed by atoms with Crippen LogP contribution in [0.2, 0.25) is 0 Å². The van der Waals surface area contributed by atoms with Crippen molar-refractivity contribution in [3.05, 3.63) is 0 Å². The third kappa shape index (κ3) is 3.66. The van der Waals surface area contributed by atoms with Gasteiger partial charge in [-0.15, -0.1) is 0 Å². The summed E-state index contributed by atoms with van der Waals surface area (Å²) in [5, 5.41) is 0. The van der Waals surface area contributed by atoms with Gasteiger partial charge >= 0.3 is 5.97 Å². The Labute approximate surface area is 86.0 Å². The molecule has 14 heavy (non-hydrogen) atoms. The first kappa shape index (κ1) is 11.5. The molecule has 2 N–H and O–H groups in total. The van der Waals surface area contributed by atoms with Crippen LogP contribution in [-0.4, -0.2) is 19.1 Å². The maximum absolute atomic E-state index is 11.5. The van der Waals surface area contributed by atoms with Crippen LogP contribution in [0, 0.1) is 17.8 Å². The molecule has 0 aromatic carbocycles. The quantitative estimate of drug-likeness (QED) is 0.660. The zero-order chi connectivity index (χ0) is 10.6. The molecule has 82 valence electrons. The lowest BCUT2D eigenvalue weighted by Gasteiger charge is -2.17. The SMILES string of the molecule is CC(C)C(CN)C(=O)OCCC1CC1. The van der Waals surface area contributed by atoms with E-state index in [4.69, 9.17) is 10.5 Å². The Bertz CT molecular complexity index is 188. The smallest absolute Gasteiger partial charge is 0.310 e. The van der Waals surface area contributed by atoms with E-state index in [1.165, 1.54) is 12.8 Å². The maximum Gasteiger partial charge on any atom is 0.310 e. The van der Waals surface area contributed by atoms with Crippen LogP contribution < -0.4 is 5.73 Å². The number of ether oxygens (including phenoxy) is 1. The maximum atomic E-state index is 11.5. The van der Waals surface area contributed by atoms with Crippen molar-refractivity contribution >= 4 is 5.97 Å². The molecule has 1 unspecified atom stereocenters. The van der Waals surface area contributed by atoms with Crippen LogP contribution in [-0.2, 0) is 9.53 Å². The van der Waals surface area contributed by atoms with E-state index in [0.29, 0.717) is 13.2 Å². The zero-order valence-corrected chi connectivity index (χ0v) is 9.16. The molecule has 1 aliphatic rings. The van der Waals surface area contributed by atoms with Crippen molar-refractivity contribution in [2.24, 2.45) is 23.5 Å². The molecule has 0 amide bonds. The van der Waals surface area contributed by atoms with Crippen LogP contribution in [0.5, 0.6) is 0 Å². The van der Waals surface area contributed by atoms with Gasteiger partial charge in [0.2, 0.25) is 0 Å². The molecule has 1 aliphatic carbocycles. The number of esters is 1. The van der Waals surface area contributed by atoms with Crippen molar-refractivity contribution in [2.45, 2.75) is 33.1 Å². The minimum atomic E-state index is -0.130. The predicted octanol–water partition coefficient (Wildman–Crippen LogP) is 1.56. The van der Waals surface area contributed by atoms with Crippen molar-refractivity contribution in [3.8, 4) is 0 Å². The molecule has 0 heterocycles. The van der Waals surface area contributed by atoms with Gasteiger partial charge in [0.05, 0.1) is 12.5 Å². The molecule has 1 atom stereocenters. The van der Waals surface area contributed by atoms with Gasteiger partial charge in [-0.25, -0.2) is 0 Å². The van der Waals surface area contributed by atoms with Crippen LogP contribution in [0.25, 0.3) is 0 Å². The number of rotatable bonds is 6. The summed E-state index contributed by atoms with van der Waals surface area (Å²) in [6, 6.07) is 0. The molecule has 0 spiro atoms. The predicted molar refractivity (Wildman–Crippen MR) is 55.7 cm³/mol. The lowest BCUT2D eigenvalue weighted by Crippen LogP contribution is -2.30. The Kier molecular flexibility index (Phi) is 4.39. The summed E-state index contributed by atoms with van der Waals surface area (Å²) in [7, 11) is 0. The molecule has 0 aliphatic heterocycles.